The Balaban J connectivity index is 1.78. The Morgan fingerprint density at radius 2 is 1.62 bits per heavy atom. The van der Waals surface area contributed by atoms with Crippen molar-refractivity contribution in [1.82, 2.24) is 9.21 Å². The van der Waals surface area contributed by atoms with E-state index in [1.54, 1.807) is 29.2 Å². The molecule has 1 saturated heterocycles. The van der Waals surface area contributed by atoms with Crippen molar-refractivity contribution in [3.05, 3.63) is 28.7 Å². The van der Waals surface area contributed by atoms with Crippen molar-refractivity contribution >= 4 is 37.8 Å². The number of piperidine rings is 1. The molecule has 2 aliphatic rings. The minimum absolute atomic E-state index is 0.162. The molecule has 29 heavy (non-hydrogen) atoms. The summed E-state index contributed by atoms with van der Waals surface area (Å²) in [4.78, 5) is 26.2. The number of carbonyl (C=O) groups excluding carboxylic acids is 2. The SMILES string of the molecule is NC(=O)C1CCN(C(=O)CN(C2CCCCC2)S(=O)(=O)c2ccc(Br)cc2)CC1. The number of likely N-dealkylation sites (tertiary alicyclic amines) is 1. The van der Waals surface area contributed by atoms with E-state index < -0.39 is 10.0 Å². The molecule has 2 amide bonds. The molecule has 1 aromatic carbocycles. The average Bonchev–Trinajstić information content (AvgIpc) is 2.72. The van der Waals surface area contributed by atoms with Crippen LogP contribution in [0.3, 0.4) is 0 Å². The molecule has 1 aliphatic carbocycles. The van der Waals surface area contributed by atoms with Gasteiger partial charge >= 0.3 is 0 Å². The van der Waals surface area contributed by atoms with E-state index in [4.69, 9.17) is 5.73 Å². The van der Waals surface area contributed by atoms with E-state index in [0.29, 0.717) is 25.9 Å². The lowest BCUT2D eigenvalue weighted by atomic mass is 9.95. The molecular formula is C20H28BrN3O4S. The third-order valence-corrected chi connectivity index (χ3v) is 8.38. The lowest BCUT2D eigenvalue weighted by molar-refractivity contribution is -0.135. The van der Waals surface area contributed by atoms with E-state index in [1.165, 1.54) is 4.31 Å². The molecule has 1 aromatic rings. The average molecular weight is 486 g/mol. The molecule has 1 saturated carbocycles. The van der Waals surface area contributed by atoms with Crippen LogP contribution in [-0.4, -0.2) is 55.1 Å². The molecule has 1 heterocycles. The maximum atomic E-state index is 13.4. The van der Waals surface area contributed by atoms with Crippen molar-refractivity contribution in [3.63, 3.8) is 0 Å². The summed E-state index contributed by atoms with van der Waals surface area (Å²) >= 11 is 3.33. The minimum Gasteiger partial charge on any atom is -0.369 e. The van der Waals surface area contributed by atoms with E-state index in [1.807, 2.05) is 0 Å². The minimum atomic E-state index is -3.78. The van der Waals surface area contributed by atoms with Crippen molar-refractivity contribution in [2.45, 2.75) is 55.9 Å². The van der Waals surface area contributed by atoms with Gasteiger partial charge in [0.15, 0.2) is 0 Å². The van der Waals surface area contributed by atoms with Gasteiger partial charge in [0.2, 0.25) is 21.8 Å². The van der Waals surface area contributed by atoms with Crippen molar-refractivity contribution < 1.29 is 18.0 Å². The first-order chi connectivity index (χ1) is 13.8. The summed E-state index contributed by atoms with van der Waals surface area (Å²) in [5.41, 5.74) is 5.37. The second-order valence-electron chi connectivity index (χ2n) is 7.85. The van der Waals surface area contributed by atoms with Crippen LogP contribution in [0.5, 0.6) is 0 Å². The number of amides is 2. The topological polar surface area (TPSA) is 101 Å². The molecule has 1 aliphatic heterocycles. The quantitative estimate of drug-likeness (QED) is 0.668. The van der Waals surface area contributed by atoms with Gasteiger partial charge in [-0.3, -0.25) is 9.59 Å². The van der Waals surface area contributed by atoms with Gasteiger partial charge in [0.25, 0.3) is 0 Å². The van der Waals surface area contributed by atoms with Crippen LogP contribution in [0.4, 0.5) is 0 Å². The monoisotopic (exact) mass is 485 g/mol. The predicted octanol–water partition coefficient (Wildman–Crippen LogP) is 2.50. The second kappa shape index (κ2) is 9.57. The molecule has 3 rings (SSSR count). The highest BCUT2D eigenvalue weighted by Gasteiger charge is 2.36. The van der Waals surface area contributed by atoms with E-state index in [0.717, 1.165) is 36.6 Å². The zero-order valence-electron chi connectivity index (χ0n) is 16.4. The van der Waals surface area contributed by atoms with Gasteiger partial charge in [-0.25, -0.2) is 8.42 Å². The largest absolute Gasteiger partial charge is 0.369 e. The first kappa shape index (κ1) is 22.2. The van der Waals surface area contributed by atoms with E-state index in [2.05, 4.69) is 15.9 Å². The van der Waals surface area contributed by atoms with Crippen LogP contribution < -0.4 is 5.73 Å². The Hall–Kier alpha value is -1.45. The van der Waals surface area contributed by atoms with Crippen LogP contribution in [0.25, 0.3) is 0 Å². The van der Waals surface area contributed by atoms with Gasteiger partial charge in [-0.2, -0.15) is 4.31 Å². The van der Waals surface area contributed by atoms with E-state index >= 15 is 0 Å². The van der Waals surface area contributed by atoms with Crippen LogP contribution in [0.2, 0.25) is 0 Å². The zero-order valence-corrected chi connectivity index (χ0v) is 18.8. The Morgan fingerprint density at radius 3 is 2.17 bits per heavy atom. The summed E-state index contributed by atoms with van der Waals surface area (Å²) in [5.74, 6) is -0.752. The normalized spacial score (nSPS) is 19.4. The molecule has 0 aromatic heterocycles. The van der Waals surface area contributed by atoms with Gasteiger partial charge in [0.1, 0.15) is 0 Å². The van der Waals surface area contributed by atoms with Gasteiger partial charge in [-0.05, 0) is 49.9 Å². The number of benzene rings is 1. The summed E-state index contributed by atoms with van der Waals surface area (Å²) in [6.45, 7) is 0.705. The molecule has 160 valence electrons. The summed E-state index contributed by atoms with van der Waals surface area (Å²) in [7, 11) is -3.78. The number of halogens is 1. The summed E-state index contributed by atoms with van der Waals surface area (Å²) < 4.78 is 29.0. The van der Waals surface area contributed by atoms with Crippen LogP contribution in [0.1, 0.15) is 44.9 Å². The number of hydrogen-bond donors (Lipinski definition) is 1. The van der Waals surface area contributed by atoms with Crippen molar-refractivity contribution in [2.24, 2.45) is 11.7 Å². The number of nitrogens with two attached hydrogens (primary N) is 1. The number of primary amides is 1. The summed E-state index contributed by atoms with van der Waals surface area (Å²) in [5, 5.41) is 0. The highest BCUT2D eigenvalue weighted by molar-refractivity contribution is 9.10. The van der Waals surface area contributed by atoms with Crippen molar-refractivity contribution in [1.29, 1.82) is 0 Å². The molecule has 9 heteroatoms. The maximum absolute atomic E-state index is 13.4. The van der Waals surface area contributed by atoms with E-state index in [9.17, 15) is 18.0 Å². The Morgan fingerprint density at radius 1 is 1.03 bits per heavy atom. The van der Waals surface area contributed by atoms with Gasteiger partial charge in [-0.15, -0.1) is 0 Å². The summed E-state index contributed by atoms with van der Waals surface area (Å²) in [6.07, 6.45) is 5.63. The van der Waals surface area contributed by atoms with Crippen LogP contribution >= 0.6 is 15.9 Å². The molecule has 2 fully saturated rings. The molecular weight excluding hydrogens is 458 g/mol. The number of nitrogens with zero attached hydrogens (tertiary/aromatic N) is 2. The standard InChI is InChI=1S/C20H28BrN3O4S/c21-16-6-8-18(9-7-16)29(27,28)24(17-4-2-1-3-5-17)14-19(25)23-12-10-15(11-13-23)20(22)26/h6-9,15,17H,1-5,10-14H2,(H2,22,26). The molecule has 0 spiro atoms. The molecule has 0 bridgehead atoms. The van der Waals surface area contributed by atoms with Crippen molar-refractivity contribution in [3.8, 4) is 0 Å². The van der Waals surface area contributed by atoms with Gasteiger partial charge in [0.05, 0.1) is 11.4 Å². The first-order valence-corrected chi connectivity index (χ1v) is 12.4. The third kappa shape index (κ3) is 5.38. The molecule has 0 radical (unpaired) electrons. The Labute approximate surface area is 180 Å². The fourth-order valence-corrected chi connectivity index (χ4v) is 6.07. The Bertz CT molecular complexity index is 830. The summed E-state index contributed by atoms with van der Waals surface area (Å²) in [6, 6.07) is 6.37. The third-order valence-electron chi connectivity index (χ3n) is 5.94. The fourth-order valence-electron chi connectivity index (χ4n) is 4.17. The fraction of sp³-hybridized carbons (Fsp3) is 0.600. The number of sulfonamides is 1. The first-order valence-electron chi connectivity index (χ1n) is 10.1. The lowest BCUT2D eigenvalue weighted by Gasteiger charge is -2.36. The highest BCUT2D eigenvalue weighted by atomic mass is 79.9. The maximum Gasteiger partial charge on any atom is 0.243 e. The van der Waals surface area contributed by atoms with Crippen LogP contribution in [-0.2, 0) is 19.6 Å². The van der Waals surface area contributed by atoms with Gasteiger partial charge in [0, 0.05) is 29.5 Å². The van der Waals surface area contributed by atoms with Gasteiger partial charge in [-0.1, -0.05) is 35.2 Å². The second-order valence-corrected chi connectivity index (χ2v) is 10.7. The predicted molar refractivity (Wildman–Crippen MR) is 113 cm³/mol. The van der Waals surface area contributed by atoms with Gasteiger partial charge < -0.3 is 10.6 Å². The van der Waals surface area contributed by atoms with Crippen molar-refractivity contribution in [2.75, 3.05) is 19.6 Å². The highest BCUT2D eigenvalue weighted by Crippen LogP contribution is 2.29. The van der Waals surface area contributed by atoms with E-state index in [-0.39, 0.29) is 35.2 Å². The zero-order chi connectivity index (χ0) is 21.0. The Kier molecular flexibility index (Phi) is 7.34. The number of rotatable bonds is 6. The molecule has 2 N–H and O–H groups in total. The number of hydrogen-bond acceptors (Lipinski definition) is 4. The van der Waals surface area contributed by atoms with Crippen LogP contribution in [0, 0.1) is 5.92 Å². The molecule has 0 atom stereocenters. The number of carbonyl (C=O) groups is 2. The smallest absolute Gasteiger partial charge is 0.243 e. The lowest BCUT2D eigenvalue weighted by Crippen LogP contribution is -2.50. The molecule has 0 unspecified atom stereocenters. The molecule has 7 nitrogen and oxygen atoms in total. The van der Waals surface area contributed by atoms with Crippen LogP contribution in [0.15, 0.2) is 33.6 Å².